The molecular formula is C16H28O2. The van der Waals surface area contributed by atoms with Gasteiger partial charge in [-0.15, -0.1) is 0 Å². The van der Waals surface area contributed by atoms with Crippen molar-refractivity contribution in [1.29, 1.82) is 0 Å². The van der Waals surface area contributed by atoms with Crippen molar-refractivity contribution < 1.29 is 9.53 Å². The molecule has 0 atom stereocenters. The minimum atomic E-state index is -0.416. The Labute approximate surface area is 112 Å². The molecule has 0 aliphatic carbocycles. The third-order valence-electron chi connectivity index (χ3n) is 2.63. The summed E-state index contributed by atoms with van der Waals surface area (Å²) in [5.41, 5.74) is 2.13. The van der Waals surface area contributed by atoms with E-state index in [1.54, 1.807) is 0 Å². The van der Waals surface area contributed by atoms with Gasteiger partial charge in [0.25, 0.3) is 0 Å². The van der Waals surface area contributed by atoms with Crippen LogP contribution >= 0.6 is 0 Å². The number of ether oxygens (including phenoxy) is 1. The van der Waals surface area contributed by atoms with E-state index in [2.05, 4.69) is 26.0 Å². The summed E-state index contributed by atoms with van der Waals surface area (Å²) in [5.74, 6) is -0.141. The second-order valence-corrected chi connectivity index (χ2v) is 5.87. The minimum absolute atomic E-state index is 0.141. The van der Waals surface area contributed by atoms with Gasteiger partial charge in [-0.05, 0) is 59.5 Å². The molecule has 0 saturated heterocycles. The molecule has 0 heterocycles. The Morgan fingerprint density at radius 1 is 1.11 bits per heavy atom. The van der Waals surface area contributed by atoms with Crippen LogP contribution in [0.4, 0.5) is 0 Å². The fraction of sp³-hybridized carbons (Fsp3) is 0.688. The van der Waals surface area contributed by atoms with Crippen LogP contribution < -0.4 is 0 Å². The van der Waals surface area contributed by atoms with Gasteiger partial charge in [0, 0.05) is 0 Å². The summed E-state index contributed by atoms with van der Waals surface area (Å²) in [6.07, 6.45) is 7.60. The highest BCUT2D eigenvalue weighted by Crippen LogP contribution is 2.16. The first kappa shape index (κ1) is 16.9. The number of allylic oxidation sites excluding steroid dienone is 3. The molecule has 0 fully saturated rings. The van der Waals surface area contributed by atoms with Crippen molar-refractivity contribution in [3.63, 3.8) is 0 Å². The van der Waals surface area contributed by atoms with Gasteiger partial charge in [-0.2, -0.15) is 0 Å². The van der Waals surface area contributed by atoms with Crippen LogP contribution in [0.1, 0.15) is 60.8 Å². The first-order chi connectivity index (χ1) is 8.27. The van der Waals surface area contributed by atoms with E-state index >= 15 is 0 Å². The number of hydrogen-bond donors (Lipinski definition) is 0. The Balaban J connectivity index is 4.00. The smallest absolute Gasteiger partial charge is 0.311 e. The standard InChI is InChI=1S/C16H28O2/c1-7-9-13(2)10-8-11-14(3)12-18-15(17)16(4,5)6/h9,11H,7-8,10,12H2,1-6H3/b13-9+,14-11+. The SMILES string of the molecule is CC/C=C(\C)CC/C=C(\C)COC(=O)C(C)(C)C. The van der Waals surface area contributed by atoms with Crippen molar-refractivity contribution in [3.8, 4) is 0 Å². The highest BCUT2D eigenvalue weighted by atomic mass is 16.5. The Kier molecular flexibility index (Phi) is 7.65. The predicted molar refractivity (Wildman–Crippen MR) is 77.5 cm³/mol. The molecule has 0 aromatic rings. The van der Waals surface area contributed by atoms with Gasteiger partial charge in [0.15, 0.2) is 0 Å². The van der Waals surface area contributed by atoms with Crippen LogP contribution in [0.25, 0.3) is 0 Å². The zero-order chi connectivity index (χ0) is 14.2. The van der Waals surface area contributed by atoms with E-state index < -0.39 is 5.41 Å². The summed E-state index contributed by atoms with van der Waals surface area (Å²) in [5, 5.41) is 0. The molecular weight excluding hydrogens is 224 g/mol. The maximum absolute atomic E-state index is 11.6. The third kappa shape index (κ3) is 8.10. The largest absolute Gasteiger partial charge is 0.461 e. The Morgan fingerprint density at radius 3 is 2.22 bits per heavy atom. The average Bonchev–Trinajstić information content (AvgIpc) is 2.24. The van der Waals surface area contributed by atoms with Crippen molar-refractivity contribution in [2.75, 3.05) is 6.61 Å². The molecule has 18 heavy (non-hydrogen) atoms. The van der Waals surface area contributed by atoms with Gasteiger partial charge in [-0.1, -0.05) is 24.6 Å². The lowest BCUT2D eigenvalue weighted by molar-refractivity contribution is -0.151. The zero-order valence-electron chi connectivity index (χ0n) is 12.8. The van der Waals surface area contributed by atoms with Gasteiger partial charge in [-0.25, -0.2) is 0 Å². The van der Waals surface area contributed by atoms with E-state index in [0.717, 1.165) is 24.8 Å². The number of esters is 1. The number of hydrogen-bond acceptors (Lipinski definition) is 2. The highest BCUT2D eigenvalue weighted by molar-refractivity contribution is 5.75. The highest BCUT2D eigenvalue weighted by Gasteiger charge is 2.22. The molecule has 0 bridgehead atoms. The van der Waals surface area contributed by atoms with Crippen LogP contribution in [-0.4, -0.2) is 12.6 Å². The molecule has 2 nitrogen and oxygen atoms in total. The first-order valence-corrected chi connectivity index (χ1v) is 6.75. The van der Waals surface area contributed by atoms with E-state index in [1.165, 1.54) is 5.57 Å². The topological polar surface area (TPSA) is 26.3 Å². The fourth-order valence-corrected chi connectivity index (χ4v) is 1.45. The maximum Gasteiger partial charge on any atom is 0.311 e. The Hall–Kier alpha value is -1.05. The first-order valence-electron chi connectivity index (χ1n) is 6.75. The molecule has 0 aliphatic heterocycles. The molecule has 0 saturated carbocycles. The van der Waals surface area contributed by atoms with Gasteiger partial charge >= 0.3 is 5.97 Å². The third-order valence-corrected chi connectivity index (χ3v) is 2.63. The van der Waals surface area contributed by atoms with Crippen LogP contribution in [0.15, 0.2) is 23.3 Å². The Bertz CT molecular complexity index is 316. The summed E-state index contributed by atoms with van der Waals surface area (Å²) in [6.45, 7) is 12.3. The van der Waals surface area contributed by atoms with Gasteiger partial charge in [-0.3, -0.25) is 4.79 Å². The van der Waals surface area contributed by atoms with Crippen molar-refractivity contribution in [1.82, 2.24) is 0 Å². The van der Waals surface area contributed by atoms with Crippen molar-refractivity contribution in [3.05, 3.63) is 23.3 Å². The maximum atomic E-state index is 11.6. The molecule has 0 amide bonds. The second kappa shape index (κ2) is 8.12. The van der Waals surface area contributed by atoms with E-state index in [4.69, 9.17) is 4.74 Å². The number of carbonyl (C=O) groups is 1. The molecule has 0 rings (SSSR count). The van der Waals surface area contributed by atoms with Crippen LogP contribution in [0, 0.1) is 5.41 Å². The predicted octanol–water partition coefficient (Wildman–Crippen LogP) is 4.66. The van der Waals surface area contributed by atoms with Crippen molar-refractivity contribution >= 4 is 5.97 Å². The number of rotatable bonds is 6. The van der Waals surface area contributed by atoms with Crippen LogP contribution in [0.3, 0.4) is 0 Å². The van der Waals surface area contributed by atoms with Crippen LogP contribution in [-0.2, 0) is 9.53 Å². The van der Waals surface area contributed by atoms with Gasteiger partial charge < -0.3 is 4.74 Å². The molecule has 0 N–H and O–H groups in total. The van der Waals surface area contributed by atoms with Crippen molar-refractivity contribution in [2.45, 2.75) is 60.8 Å². The Morgan fingerprint density at radius 2 is 1.72 bits per heavy atom. The summed E-state index contributed by atoms with van der Waals surface area (Å²) >= 11 is 0. The molecule has 2 heteroatoms. The molecule has 0 aliphatic rings. The average molecular weight is 252 g/mol. The van der Waals surface area contributed by atoms with Crippen LogP contribution in [0.2, 0.25) is 0 Å². The van der Waals surface area contributed by atoms with Crippen molar-refractivity contribution in [2.24, 2.45) is 5.41 Å². The van der Waals surface area contributed by atoms with E-state index in [9.17, 15) is 4.79 Å². The molecule has 0 spiro atoms. The normalized spacial score (nSPS) is 13.7. The zero-order valence-corrected chi connectivity index (χ0v) is 12.8. The molecule has 0 aromatic carbocycles. The van der Waals surface area contributed by atoms with Gasteiger partial charge in [0.2, 0.25) is 0 Å². The quantitative estimate of drug-likeness (QED) is 0.507. The van der Waals surface area contributed by atoms with Gasteiger partial charge in [0.1, 0.15) is 6.61 Å². The lowest BCUT2D eigenvalue weighted by Crippen LogP contribution is -2.23. The molecule has 104 valence electrons. The van der Waals surface area contributed by atoms with E-state index in [-0.39, 0.29) is 5.97 Å². The summed E-state index contributed by atoms with van der Waals surface area (Å²) in [7, 11) is 0. The number of carbonyl (C=O) groups excluding carboxylic acids is 1. The lowest BCUT2D eigenvalue weighted by atomic mass is 9.97. The monoisotopic (exact) mass is 252 g/mol. The summed E-state index contributed by atoms with van der Waals surface area (Å²) in [6, 6.07) is 0. The van der Waals surface area contributed by atoms with Gasteiger partial charge in [0.05, 0.1) is 5.41 Å². The minimum Gasteiger partial charge on any atom is -0.461 e. The fourth-order valence-electron chi connectivity index (χ4n) is 1.45. The van der Waals surface area contributed by atoms with E-state index in [1.807, 2.05) is 27.7 Å². The second-order valence-electron chi connectivity index (χ2n) is 5.87. The molecule has 0 unspecified atom stereocenters. The molecule has 0 aromatic heterocycles. The molecule has 0 radical (unpaired) electrons. The summed E-state index contributed by atoms with van der Waals surface area (Å²) in [4.78, 5) is 11.6. The van der Waals surface area contributed by atoms with Crippen LogP contribution in [0.5, 0.6) is 0 Å². The summed E-state index contributed by atoms with van der Waals surface area (Å²) < 4.78 is 5.25. The lowest BCUT2D eigenvalue weighted by Gasteiger charge is -2.16. The van der Waals surface area contributed by atoms with E-state index in [0.29, 0.717) is 6.61 Å².